The molecule has 0 heterocycles. The van der Waals surface area contributed by atoms with Gasteiger partial charge in [-0.05, 0) is 5.56 Å². The molecule has 20 heavy (non-hydrogen) atoms. The number of oxime groups is 1. The van der Waals surface area contributed by atoms with E-state index in [9.17, 15) is 9.59 Å². The van der Waals surface area contributed by atoms with Crippen molar-refractivity contribution in [2.45, 2.75) is 6.42 Å². The third-order valence-corrected chi connectivity index (χ3v) is 2.80. The van der Waals surface area contributed by atoms with Crippen LogP contribution in [0.2, 0.25) is 0 Å². The number of benzene rings is 1. The summed E-state index contributed by atoms with van der Waals surface area (Å²) in [6, 6.07) is 6.77. The maximum Gasteiger partial charge on any atom is 0.239 e. The molecule has 0 radical (unpaired) electrons. The minimum Gasteiger partial charge on any atom is -0.409 e. The molecule has 0 spiro atoms. The van der Waals surface area contributed by atoms with Crippen molar-refractivity contribution in [1.82, 2.24) is 10.2 Å². The molecule has 0 saturated carbocycles. The Labute approximate surface area is 117 Å². The van der Waals surface area contributed by atoms with Crippen molar-refractivity contribution in [3.05, 3.63) is 35.4 Å². The first-order valence-electron chi connectivity index (χ1n) is 5.99. The van der Waals surface area contributed by atoms with E-state index in [0.29, 0.717) is 5.56 Å². The molecule has 0 unspecified atom stereocenters. The Morgan fingerprint density at radius 3 is 2.45 bits per heavy atom. The number of nitrogens with one attached hydrogen (secondary N) is 1. The van der Waals surface area contributed by atoms with Gasteiger partial charge in [-0.2, -0.15) is 0 Å². The summed E-state index contributed by atoms with van der Waals surface area (Å²) < 4.78 is 0. The van der Waals surface area contributed by atoms with Crippen molar-refractivity contribution in [3.63, 3.8) is 0 Å². The third-order valence-electron chi connectivity index (χ3n) is 2.80. The van der Waals surface area contributed by atoms with E-state index in [0.717, 1.165) is 5.56 Å². The van der Waals surface area contributed by atoms with Gasteiger partial charge in [-0.1, -0.05) is 29.4 Å². The molecule has 7 heteroatoms. The number of carbonyl (C=O) groups is 2. The van der Waals surface area contributed by atoms with Crippen LogP contribution < -0.4 is 11.1 Å². The van der Waals surface area contributed by atoms with Crippen LogP contribution in [0.25, 0.3) is 0 Å². The maximum absolute atomic E-state index is 11.9. The highest BCUT2D eigenvalue weighted by Gasteiger charge is 2.12. The summed E-state index contributed by atoms with van der Waals surface area (Å²) in [5.41, 5.74) is 6.80. The van der Waals surface area contributed by atoms with Crippen molar-refractivity contribution in [2.24, 2.45) is 10.9 Å². The summed E-state index contributed by atoms with van der Waals surface area (Å²) >= 11 is 0. The molecule has 2 amide bonds. The highest BCUT2D eigenvalue weighted by molar-refractivity contribution is 5.97. The molecule has 0 saturated heterocycles. The number of hydrogen-bond donors (Lipinski definition) is 3. The van der Waals surface area contributed by atoms with Crippen molar-refractivity contribution in [2.75, 3.05) is 20.6 Å². The van der Waals surface area contributed by atoms with Gasteiger partial charge < -0.3 is 21.2 Å². The lowest BCUT2D eigenvalue weighted by atomic mass is 10.1. The average Bonchev–Trinajstić information content (AvgIpc) is 2.46. The van der Waals surface area contributed by atoms with E-state index in [1.165, 1.54) is 11.9 Å². The molecule has 0 aliphatic rings. The van der Waals surface area contributed by atoms with Crippen molar-refractivity contribution >= 4 is 17.6 Å². The number of nitrogens with two attached hydrogens (primary N) is 1. The summed E-state index contributed by atoms with van der Waals surface area (Å²) in [5.74, 6) is -0.368. The van der Waals surface area contributed by atoms with Gasteiger partial charge in [0, 0.05) is 19.7 Å². The minimum absolute atomic E-state index is 0.0135. The van der Waals surface area contributed by atoms with Crippen LogP contribution >= 0.6 is 0 Å². The maximum atomic E-state index is 11.9. The molecular formula is C13H18N4O3. The number of amides is 2. The minimum atomic E-state index is -0.219. The largest absolute Gasteiger partial charge is 0.409 e. The fourth-order valence-electron chi connectivity index (χ4n) is 1.54. The number of hydrogen-bond acceptors (Lipinski definition) is 4. The Kier molecular flexibility index (Phi) is 5.52. The predicted molar refractivity (Wildman–Crippen MR) is 74.4 cm³/mol. The third kappa shape index (κ3) is 4.27. The smallest absolute Gasteiger partial charge is 0.239 e. The van der Waals surface area contributed by atoms with Crippen LogP contribution in [0.4, 0.5) is 0 Å². The zero-order valence-electron chi connectivity index (χ0n) is 11.5. The van der Waals surface area contributed by atoms with Gasteiger partial charge in [-0.3, -0.25) is 9.59 Å². The molecule has 108 valence electrons. The Morgan fingerprint density at radius 1 is 1.35 bits per heavy atom. The predicted octanol–water partition coefficient (Wildman–Crippen LogP) is -0.472. The van der Waals surface area contributed by atoms with Gasteiger partial charge in [0.15, 0.2) is 5.84 Å². The average molecular weight is 278 g/mol. The quantitative estimate of drug-likeness (QED) is 0.293. The van der Waals surface area contributed by atoms with Gasteiger partial charge in [-0.25, -0.2) is 0 Å². The second-order valence-corrected chi connectivity index (χ2v) is 4.28. The van der Waals surface area contributed by atoms with Crippen molar-refractivity contribution in [1.29, 1.82) is 0 Å². The molecule has 0 aliphatic heterocycles. The standard InChI is InChI=1S/C13H18N4O3/c1-15-11(18)8-17(2)12(19)7-9-3-5-10(6-4-9)13(14)16-20/h3-6,20H,7-8H2,1-2H3,(H2,14,16)(H,15,18). The van der Waals surface area contributed by atoms with Gasteiger partial charge >= 0.3 is 0 Å². The summed E-state index contributed by atoms with van der Waals surface area (Å²) in [4.78, 5) is 24.4. The fraction of sp³-hybridized carbons (Fsp3) is 0.308. The Bertz CT molecular complexity index is 511. The summed E-state index contributed by atoms with van der Waals surface area (Å²) in [5, 5.41) is 13.9. The number of carbonyl (C=O) groups excluding carboxylic acids is 2. The first-order valence-corrected chi connectivity index (χ1v) is 5.99. The number of nitrogens with zero attached hydrogens (tertiary/aromatic N) is 2. The van der Waals surface area contributed by atoms with Crippen molar-refractivity contribution < 1.29 is 14.8 Å². The van der Waals surface area contributed by atoms with E-state index >= 15 is 0 Å². The zero-order valence-corrected chi connectivity index (χ0v) is 11.5. The normalized spacial score (nSPS) is 11.0. The van der Waals surface area contributed by atoms with E-state index < -0.39 is 0 Å². The Balaban J connectivity index is 2.64. The lowest BCUT2D eigenvalue weighted by Crippen LogP contribution is -2.37. The summed E-state index contributed by atoms with van der Waals surface area (Å²) in [6.07, 6.45) is 0.184. The molecule has 4 N–H and O–H groups in total. The van der Waals surface area contributed by atoms with Crippen LogP contribution in [0.15, 0.2) is 29.4 Å². The Hall–Kier alpha value is -2.57. The number of amidine groups is 1. The van der Waals surface area contributed by atoms with Gasteiger partial charge in [0.2, 0.25) is 11.8 Å². The van der Waals surface area contributed by atoms with Crippen molar-refractivity contribution in [3.8, 4) is 0 Å². The van der Waals surface area contributed by atoms with E-state index in [-0.39, 0.29) is 30.6 Å². The molecule has 0 aliphatic carbocycles. The van der Waals surface area contributed by atoms with Gasteiger partial charge in [0.05, 0.1) is 13.0 Å². The second-order valence-electron chi connectivity index (χ2n) is 4.28. The van der Waals surface area contributed by atoms with Gasteiger partial charge in [0.1, 0.15) is 0 Å². The van der Waals surface area contributed by atoms with Crippen LogP contribution in [0.5, 0.6) is 0 Å². The van der Waals surface area contributed by atoms with E-state index in [1.54, 1.807) is 31.3 Å². The summed E-state index contributed by atoms with van der Waals surface area (Å²) in [7, 11) is 3.09. The first-order chi connectivity index (χ1) is 9.47. The fourth-order valence-corrected chi connectivity index (χ4v) is 1.54. The van der Waals surface area contributed by atoms with E-state index in [2.05, 4.69) is 10.5 Å². The topological polar surface area (TPSA) is 108 Å². The zero-order chi connectivity index (χ0) is 15.1. The van der Waals surface area contributed by atoms with E-state index in [1.807, 2.05) is 0 Å². The number of likely N-dealkylation sites (N-methyl/N-ethyl adjacent to an activating group) is 2. The van der Waals surface area contributed by atoms with Crippen LogP contribution in [0.1, 0.15) is 11.1 Å². The SMILES string of the molecule is CNC(=O)CN(C)C(=O)Cc1ccc(C(N)=NO)cc1. The lowest BCUT2D eigenvalue weighted by Gasteiger charge is -2.16. The molecule has 1 aromatic carbocycles. The first kappa shape index (κ1) is 15.5. The molecule has 1 aromatic rings. The van der Waals surface area contributed by atoms with Crippen LogP contribution in [0, 0.1) is 0 Å². The van der Waals surface area contributed by atoms with Gasteiger partial charge in [-0.15, -0.1) is 0 Å². The molecule has 0 bridgehead atoms. The van der Waals surface area contributed by atoms with Gasteiger partial charge in [0.25, 0.3) is 0 Å². The highest BCUT2D eigenvalue weighted by Crippen LogP contribution is 2.06. The molecular weight excluding hydrogens is 260 g/mol. The molecule has 0 atom stereocenters. The van der Waals surface area contributed by atoms with Crippen LogP contribution in [-0.2, 0) is 16.0 Å². The summed E-state index contributed by atoms with van der Waals surface area (Å²) in [6.45, 7) is 0.0253. The molecule has 7 nitrogen and oxygen atoms in total. The molecule has 0 fully saturated rings. The highest BCUT2D eigenvalue weighted by atomic mass is 16.4. The lowest BCUT2D eigenvalue weighted by molar-refractivity contribution is -0.134. The number of rotatable bonds is 5. The molecule has 0 aromatic heterocycles. The van der Waals surface area contributed by atoms with Crippen LogP contribution in [-0.4, -0.2) is 48.4 Å². The van der Waals surface area contributed by atoms with E-state index in [4.69, 9.17) is 10.9 Å². The van der Waals surface area contributed by atoms with Crippen LogP contribution in [0.3, 0.4) is 0 Å². The Morgan fingerprint density at radius 2 is 1.95 bits per heavy atom. The monoisotopic (exact) mass is 278 g/mol. The molecule has 1 rings (SSSR count). The second kappa shape index (κ2) is 7.13.